The number of oxazole rings is 1. The summed E-state index contributed by atoms with van der Waals surface area (Å²) in [6, 6.07) is 8.18. The molecule has 1 aliphatic carbocycles. The Morgan fingerprint density at radius 1 is 1.21 bits per heavy atom. The molecule has 1 aliphatic rings. The van der Waals surface area contributed by atoms with Crippen LogP contribution in [0.3, 0.4) is 0 Å². The Balaban J connectivity index is 0.00000385. The highest BCUT2D eigenvalue weighted by atomic mass is 127. The van der Waals surface area contributed by atoms with Crippen LogP contribution in [0.4, 0.5) is 0 Å². The summed E-state index contributed by atoms with van der Waals surface area (Å²) in [5, 5.41) is 9.50. The van der Waals surface area contributed by atoms with Crippen LogP contribution in [0, 0.1) is 0 Å². The molecule has 0 unspecified atom stereocenters. The predicted octanol–water partition coefficient (Wildman–Crippen LogP) is 3.55. The lowest BCUT2D eigenvalue weighted by Gasteiger charge is -2.13. The summed E-state index contributed by atoms with van der Waals surface area (Å²) in [7, 11) is 0. The summed E-state index contributed by atoms with van der Waals surface area (Å²) in [5.74, 6) is 2.83. The van der Waals surface area contributed by atoms with Crippen molar-refractivity contribution in [3.05, 3.63) is 47.7 Å². The number of carbonyl (C=O) groups excluding carboxylic acids is 1. The standard InChI is InChI=1S/C24H35N5O3.HI/c1-5-25-23(28-15-22-27-14-20(32-22)24(2,3)4)26-13-12-17-6-10-19(11-7-17)31-16-21(30)29-18-8-9-18;/h6-7,10-11,14,18H,5,8-9,12-13,15-16H2,1-4H3,(H,29,30)(H2,25,26,28);1H. The third-order valence-corrected chi connectivity index (χ3v) is 4.95. The maximum absolute atomic E-state index is 11.7. The van der Waals surface area contributed by atoms with Gasteiger partial charge in [-0.25, -0.2) is 9.98 Å². The van der Waals surface area contributed by atoms with E-state index in [1.807, 2.05) is 31.2 Å². The van der Waals surface area contributed by atoms with E-state index in [4.69, 9.17) is 9.15 Å². The molecule has 1 fully saturated rings. The number of aromatic nitrogens is 1. The van der Waals surface area contributed by atoms with Gasteiger partial charge in [-0.05, 0) is 43.9 Å². The Morgan fingerprint density at radius 2 is 1.94 bits per heavy atom. The molecule has 1 aromatic carbocycles. The van der Waals surface area contributed by atoms with E-state index in [1.54, 1.807) is 6.20 Å². The molecule has 3 rings (SSSR count). The van der Waals surface area contributed by atoms with Gasteiger partial charge in [0.2, 0.25) is 5.89 Å². The lowest BCUT2D eigenvalue weighted by molar-refractivity contribution is -0.123. The number of hydrogen-bond donors (Lipinski definition) is 3. The Morgan fingerprint density at radius 3 is 2.55 bits per heavy atom. The molecular formula is C24H36IN5O3. The predicted molar refractivity (Wildman–Crippen MR) is 140 cm³/mol. The van der Waals surface area contributed by atoms with E-state index in [0.29, 0.717) is 24.2 Å². The molecule has 8 nitrogen and oxygen atoms in total. The molecule has 33 heavy (non-hydrogen) atoms. The number of aliphatic imine (C=N–C) groups is 1. The monoisotopic (exact) mass is 569 g/mol. The molecule has 0 spiro atoms. The number of amides is 1. The van der Waals surface area contributed by atoms with Crippen molar-refractivity contribution in [3.63, 3.8) is 0 Å². The summed E-state index contributed by atoms with van der Waals surface area (Å²) in [6.07, 6.45) is 4.76. The van der Waals surface area contributed by atoms with Gasteiger partial charge < -0.3 is 25.1 Å². The highest BCUT2D eigenvalue weighted by Gasteiger charge is 2.23. The minimum Gasteiger partial charge on any atom is -0.484 e. The van der Waals surface area contributed by atoms with Crippen LogP contribution in [0.5, 0.6) is 5.75 Å². The van der Waals surface area contributed by atoms with E-state index in [1.165, 1.54) is 5.56 Å². The number of benzene rings is 1. The maximum Gasteiger partial charge on any atom is 0.258 e. The summed E-state index contributed by atoms with van der Waals surface area (Å²) in [6.45, 7) is 10.3. The molecule has 2 aromatic rings. The van der Waals surface area contributed by atoms with Crippen LogP contribution in [0.1, 0.15) is 57.8 Å². The summed E-state index contributed by atoms with van der Waals surface area (Å²) >= 11 is 0. The average molecular weight is 569 g/mol. The zero-order valence-corrected chi connectivity index (χ0v) is 22.3. The minimum atomic E-state index is -0.0681. The topological polar surface area (TPSA) is 101 Å². The number of guanidine groups is 1. The second-order valence-electron chi connectivity index (χ2n) is 9.01. The van der Waals surface area contributed by atoms with Gasteiger partial charge in [0.05, 0.1) is 6.20 Å². The zero-order valence-electron chi connectivity index (χ0n) is 19.9. The van der Waals surface area contributed by atoms with E-state index in [2.05, 4.69) is 46.7 Å². The number of nitrogens with zero attached hydrogens (tertiary/aromatic N) is 2. The number of halogens is 1. The first-order valence-corrected chi connectivity index (χ1v) is 11.3. The molecule has 0 bridgehead atoms. The van der Waals surface area contributed by atoms with Crippen molar-refractivity contribution in [1.82, 2.24) is 20.9 Å². The van der Waals surface area contributed by atoms with Gasteiger partial charge in [-0.3, -0.25) is 4.79 Å². The van der Waals surface area contributed by atoms with Crippen molar-refractivity contribution < 1.29 is 13.9 Å². The largest absolute Gasteiger partial charge is 0.484 e. The zero-order chi connectivity index (χ0) is 23.0. The molecule has 3 N–H and O–H groups in total. The van der Waals surface area contributed by atoms with E-state index in [-0.39, 0.29) is 41.9 Å². The fraction of sp³-hybridized carbons (Fsp3) is 0.542. The molecule has 1 amide bonds. The number of carbonyl (C=O) groups is 1. The van der Waals surface area contributed by atoms with Crippen LogP contribution in [-0.4, -0.2) is 42.6 Å². The van der Waals surface area contributed by atoms with Gasteiger partial charge in [0.1, 0.15) is 18.1 Å². The van der Waals surface area contributed by atoms with Gasteiger partial charge in [0.15, 0.2) is 12.6 Å². The van der Waals surface area contributed by atoms with Crippen LogP contribution in [-0.2, 0) is 23.2 Å². The molecule has 9 heteroatoms. The van der Waals surface area contributed by atoms with Gasteiger partial charge in [-0.15, -0.1) is 24.0 Å². The molecule has 1 saturated carbocycles. The van der Waals surface area contributed by atoms with Crippen LogP contribution in [0.25, 0.3) is 0 Å². The summed E-state index contributed by atoms with van der Waals surface area (Å²) in [4.78, 5) is 20.6. The molecule has 1 heterocycles. The molecule has 0 aliphatic heterocycles. The SMILES string of the molecule is CCNC(=NCc1ncc(C(C)(C)C)o1)NCCc1ccc(OCC(=O)NC2CC2)cc1.I. The van der Waals surface area contributed by atoms with E-state index in [9.17, 15) is 4.79 Å². The molecule has 182 valence electrons. The lowest BCUT2D eigenvalue weighted by Crippen LogP contribution is -2.38. The maximum atomic E-state index is 11.7. The second kappa shape index (κ2) is 12.8. The first kappa shape index (κ1) is 26.9. The van der Waals surface area contributed by atoms with Crippen molar-refractivity contribution in [2.45, 2.75) is 65.0 Å². The third kappa shape index (κ3) is 9.61. The van der Waals surface area contributed by atoms with Crippen LogP contribution in [0.15, 0.2) is 39.9 Å². The Hall–Kier alpha value is -2.30. The second-order valence-corrected chi connectivity index (χ2v) is 9.01. The highest BCUT2D eigenvalue weighted by molar-refractivity contribution is 14.0. The molecule has 0 atom stereocenters. The van der Waals surface area contributed by atoms with Crippen LogP contribution in [0.2, 0.25) is 0 Å². The Labute approximate surface area is 213 Å². The number of hydrogen-bond acceptors (Lipinski definition) is 5. The molecule has 1 aromatic heterocycles. The first-order valence-electron chi connectivity index (χ1n) is 11.3. The average Bonchev–Trinajstić information content (AvgIpc) is 3.42. The van der Waals surface area contributed by atoms with Gasteiger partial charge >= 0.3 is 0 Å². The summed E-state index contributed by atoms with van der Waals surface area (Å²) < 4.78 is 11.4. The normalized spacial score (nSPS) is 13.8. The van der Waals surface area contributed by atoms with Crippen molar-refractivity contribution >= 4 is 35.8 Å². The van der Waals surface area contributed by atoms with Crippen molar-refractivity contribution in [1.29, 1.82) is 0 Å². The van der Waals surface area contributed by atoms with Crippen molar-refractivity contribution in [2.75, 3.05) is 19.7 Å². The first-order chi connectivity index (χ1) is 15.3. The van der Waals surface area contributed by atoms with Gasteiger partial charge in [0, 0.05) is 24.5 Å². The number of nitrogens with one attached hydrogen (secondary N) is 3. The molecule has 0 radical (unpaired) electrons. The number of ether oxygens (including phenoxy) is 1. The van der Waals surface area contributed by atoms with Gasteiger partial charge in [0.25, 0.3) is 5.91 Å². The van der Waals surface area contributed by atoms with Crippen molar-refractivity contribution in [2.24, 2.45) is 4.99 Å². The van der Waals surface area contributed by atoms with Crippen molar-refractivity contribution in [3.8, 4) is 5.75 Å². The lowest BCUT2D eigenvalue weighted by atomic mass is 9.94. The van der Waals surface area contributed by atoms with E-state index < -0.39 is 0 Å². The number of rotatable bonds is 10. The quantitative estimate of drug-likeness (QED) is 0.230. The fourth-order valence-corrected chi connectivity index (χ4v) is 2.94. The Kier molecular flexibility index (Phi) is 10.5. The minimum absolute atomic E-state index is 0. The third-order valence-electron chi connectivity index (χ3n) is 4.95. The van der Waals surface area contributed by atoms with Gasteiger partial charge in [-0.1, -0.05) is 32.9 Å². The van der Waals surface area contributed by atoms with Crippen LogP contribution < -0.4 is 20.7 Å². The van der Waals surface area contributed by atoms with Gasteiger partial charge in [-0.2, -0.15) is 0 Å². The molecular weight excluding hydrogens is 533 g/mol. The Bertz CT molecular complexity index is 902. The smallest absolute Gasteiger partial charge is 0.258 e. The summed E-state index contributed by atoms with van der Waals surface area (Å²) in [5.41, 5.74) is 1.10. The van der Waals surface area contributed by atoms with E-state index >= 15 is 0 Å². The van der Waals surface area contributed by atoms with E-state index in [0.717, 1.165) is 44.1 Å². The van der Waals surface area contributed by atoms with Crippen LogP contribution >= 0.6 is 24.0 Å². The fourth-order valence-electron chi connectivity index (χ4n) is 2.94. The highest BCUT2D eigenvalue weighted by Crippen LogP contribution is 2.22. The molecule has 0 saturated heterocycles.